The molecule has 0 radical (unpaired) electrons. The van der Waals surface area contributed by atoms with Crippen molar-refractivity contribution in [1.29, 1.82) is 5.26 Å². The Morgan fingerprint density at radius 2 is 1.95 bits per heavy atom. The largest absolute Gasteiger partial charge is 0.381 e. The Hall–Kier alpha value is -2.29. The summed E-state index contributed by atoms with van der Waals surface area (Å²) >= 11 is 11.7. The molecule has 0 fully saturated rings. The molecule has 21 heavy (non-hydrogen) atoms. The molecule has 2 aromatic rings. The van der Waals surface area contributed by atoms with Gasteiger partial charge in [0.1, 0.15) is 11.1 Å². The molecule has 0 saturated heterocycles. The molecule has 0 amide bonds. The highest BCUT2D eigenvalue weighted by Gasteiger charge is 2.12. The highest BCUT2D eigenvalue weighted by molar-refractivity contribution is 6.32. The summed E-state index contributed by atoms with van der Waals surface area (Å²) < 4.78 is 0. The molecule has 2 aromatic carbocycles. The number of anilines is 1. The molecule has 7 heteroatoms. The van der Waals surface area contributed by atoms with Crippen molar-refractivity contribution in [2.45, 2.75) is 6.54 Å². The standard InChI is InChI=1S/C14H9Cl2N3O2/c15-12-4-1-9(5-14(12)19(20)21)8-18-11-3-2-10(7-17)13(16)6-11/h1-6,18H,8H2. The van der Waals surface area contributed by atoms with E-state index in [2.05, 4.69) is 5.32 Å². The maximum atomic E-state index is 10.8. The Balaban J connectivity index is 2.13. The van der Waals surface area contributed by atoms with E-state index in [0.29, 0.717) is 22.7 Å². The highest BCUT2D eigenvalue weighted by Crippen LogP contribution is 2.26. The van der Waals surface area contributed by atoms with Gasteiger partial charge in [-0.05, 0) is 29.8 Å². The van der Waals surface area contributed by atoms with Gasteiger partial charge in [0.25, 0.3) is 5.69 Å². The van der Waals surface area contributed by atoms with Crippen LogP contribution in [0.3, 0.4) is 0 Å². The first kappa shape index (κ1) is 15.1. The molecule has 0 unspecified atom stereocenters. The maximum Gasteiger partial charge on any atom is 0.288 e. The van der Waals surface area contributed by atoms with Crippen LogP contribution in [0.25, 0.3) is 0 Å². The lowest BCUT2D eigenvalue weighted by atomic mass is 10.2. The van der Waals surface area contributed by atoms with Gasteiger partial charge >= 0.3 is 0 Å². The third kappa shape index (κ3) is 3.63. The lowest BCUT2D eigenvalue weighted by Crippen LogP contribution is -2.00. The first-order valence-electron chi connectivity index (χ1n) is 5.87. The fraction of sp³-hybridized carbons (Fsp3) is 0.0714. The van der Waals surface area contributed by atoms with Crippen molar-refractivity contribution in [3.05, 3.63) is 67.7 Å². The van der Waals surface area contributed by atoms with E-state index < -0.39 is 4.92 Å². The van der Waals surface area contributed by atoms with E-state index in [4.69, 9.17) is 28.5 Å². The number of rotatable bonds is 4. The number of nitriles is 1. The van der Waals surface area contributed by atoms with Gasteiger partial charge in [-0.1, -0.05) is 29.3 Å². The molecule has 0 aliphatic rings. The summed E-state index contributed by atoms with van der Waals surface area (Å²) in [5, 5.41) is 23.1. The average molecular weight is 322 g/mol. The summed E-state index contributed by atoms with van der Waals surface area (Å²) in [6, 6.07) is 11.5. The second kappa shape index (κ2) is 6.44. The Labute approximate surface area is 130 Å². The number of hydrogen-bond acceptors (Lipinski definition) is 4. The zero-order valence-corrected chi connectivity index (χ0v) is 12.1. The molecule has 2 rings (SSSR count). The first-order valence-corrected chi connectivity index (χ1v) is 6.63. The van der Waals surface area contributed by atoms with Crippen molar-refractivity contribution in [3.8, 4) is 6.07 Å². The summed E-state index contributed by atoms with van der Waals surface area (Å²) in [7, 11) is 0. The van der Waals surface area contributed by atoms with Crippen LogP contribution in [0.5, 0.6) is 0 Å². The van der Waals surface area contributed by atoms with Gasteiger partial charge in [-0.2, -0.15) is 5.26 Å². The summed E-state index contributed by atoms with van der Waals surface area (Å²) in [5.41, 5.74) is 1.70. The number of nitro groups is 1. The van der Waals surface area contributed by atoms with Crippen LogP contribution in [0.4, 0.5) is 11.4 Å². The van der Waals surface area contributed by atoms with Gasteiger partial charge in [-0.15, -0.1) is 0 Å². The molecular formula is C14H9Cl2N3O2. The summed E-state index contributed by atoms with van der Waals surface area (Å²) in [4.78, 5) is 10.3. The molecule has 106 valence electrons. The quantitative estimate of drug-likeness (QED) is 0.669. The van der Waals surface area contributed by atoms with Crippen molar-refractivity contribution in [1.82, 2.24) is 0 Å². The van der Waals surface area contributed by atoms with E-state index in [1.807, 2.05) is 6.07 Å². The number of hydrogen-bond donors (Lipinski definition) is 1. The maximum absolute atomic E-state index is 10.8. The van der Waals surface area contributed by atoms with Crippen LogP contribution in [0.1, 0.15) is 11.1 Å². The third-order valence-corrected chi connectivity index (χ3v) is 3.43. The molecule has 0 aliphatic heterocycles. The van der Waals surface area contributed by atoms with E-state index in [9.17, 15) is 10.1 Å². The molecular weight excluding hydrogens is 313 g/mol. The van der Waals surface area contributed by atoms with E-state index in [-0.39, 0.29) is 10.7 Å². The van der Waals surface area contributed by atoms with Gasteiger partial charge < -0.3 is 5.32 Å². The molecule has 0 saturated carbocycles. The van der Waals surface area contributed by atoms with Crippen LogP contribution >= 0.6 is 23.2 Å². The van der Waals surface area contributed by atoms with Gasteiger partial charge in [-0.3, -0.25) is 10.1 Å². The Bertz CT molecular complexity index is 741. The van der Waals surface area contributed by atoms with Crippen LogP contribution in [-0.4, -0.2) is 4.92 Å². The van der Waals surface area contributed by atoms with E-state index in [0.717, 1.165) is 5.69 Å². The van der Waals surface area contributed by atoms with Crippen LogP contribution in [0.2, 0.25) is 10.0 Å². The normalized spacial score (nSPS) is 9.95. The Morgan fingerprint density at radius 1 is 1.19 bits per heavy atom. The smallest absolute Gasteiger partial charge is 0.288 e. The third-order valence-electron chi connectivity index (χ3n) is 2.79. The molecule has 1 N–H and O–H groups in total. The van der Waals surface area contributed by atoms with Crippen LogP contribution in [0, 0.1) is 21.4 Å². The first-order chi connectivity index (χ1) is 10.0. The summed E-state index contributed by atoms with van der Waals surface area (Å²) in [6.07, 6.45) is 0. The molecule has 0 atom stereocenters. The van der Waals surface area contributed by atoms with E-state index >= 15 is 0 Å². The van der Waals surface area contributed by atoms with Gasteiger partial charge in [0.05, 0.1) is 15.5 Å². The van der Waals surface area contributed by atoms with Gasteiger partial charge in [-0.25, -0.2) is 0 Å². The predicted molar refractivity (Wildman–Crippen MR) is 81.6 cm³/mol. The lowest BCUT2D eigenvalue weighted by Gasteiger charge is -2.08. The SMILES string of the molecule is N#Cc1ccc(NCc2ccc(Cl)c([N+](=O)[O-])c2)cc1Cl. The molecule has 0 aliphatic carbocycles. The van der Waals surface area contributed by atoms with Crippen molar-refractivity contribution in [2.75, 3.05) is 5.32 Å². The molecule has 0 aromatic heterocycles. The van der Waals surface area contributed by atoms with Crippen molar-refractivity contribution in [2.24, 2.45) is 0 Å². The van der Waals surface area contributed by atoms with Gasteiger partial charge in [0, 0.05) is 18.3 Å². The minimum absolute atomic E-state index is 0.102. The molecule has 0 spiro atoms. The van der Waals surface area contributed by atoms with E-state index in [1.165, 1.54) is 12.1 Å². The fourth-order valence-corrected chi connectivity index (χ4v) is 2.14. The van der Waals surface area contributed by atoms with E-state index in [1.54, 1.807) is 24.3 Å². The zero-order chi connectivity index (χ0) is 15.4. The van der Waals surface area contributed by atoms with Crippen molar-refractivity contribution < 1.29 is 4.92 Å². The fourth-order valence-electron chi connectivity index (χ4n) is 1.73. The number of halogens is 2. The monoisotopic (exact) mass is 321 g/mol. The van der Waals surface area contributed by atoms with Crippen LogP contribution < -0.4 is 5.32 Å². The number of nitrogens with zero attached hydrogens (tertiary/aromatic N) is 2. The topological polar surface area (TPSA) is 79.0 Å². The predicted octanol–water partition coefficient (Wildman–Crippen LogP) is 4.39. The molecule has 0 heterocycles. The minimum Gasteiger partial charge on any atom is -0.381 e. The minimum atomic E-state index is -0.523. The average Bonchev–Trinajstić information content (AvgIpc) is 2.46. The second-order valence-electron chi connectivity index (χ2n) is 4.20. The zero-order valence-electron chi connectivity index (χ0n) is 10.6. The summed E-state index contributed by atoms with van der Waals surface area (Å²) in [5.74, 6) is 0. The lowest BCUT2D eigenvalue weighted by molar-refractivity contribution is -0.384. The second-order valence-corrected chi connectivity index (χ2v) is 5.02. The molecule has 0 bridgehead atoms. The number of nitrogens with one attached hydrogen (secondary N) is 1. The number of benzene rings is 2. The number of nitro benzene ring substituents is 1. The van der Waals surface area contributed by atoms with Gasteiger partial charge in [0.15, 0.2) is 0 Å². The molecule has 5 nitrogen and oxygen atoms in total. The van der Waals surface area contributed by atoms with Crippen molar-refractivity contribution >= 4 is 34.6 Å². The van der Waals surface area contributed by atoms with Gasteiger partial charge in [0.2, 0.25) is 0 Å². The van der Waals surface area contributed by atoms with Crippen LogP contribution in [0.15, 0.2) is 36.4 Å². The summed E-state index contributed by atoms with van der Waals surface area (Å²) in [6.45, 7) is 0.375. The van der Waals surface area contributed by atoms with Crippen molar-refractivity contribution in [3.63, 3.8) is 0 Å². The Kier molecular flexibility index (Phi) is 4.63. The Morgan fingerprint density at radius 3 is 2.57 bits per heavy atom. The van der Waals surface area contributed by atoms with Crippen LogP contribution in [-0.2, 0) is 6.54 Å². The highest BCUT2D eigenvalue weighted by atomic mass is 35.5.